The molecular formula is C75H126O6. The van der Waals surface area contributed by atoms with Crippen molar-refractivity contribution in [3.63, 3.8) is 0 Å². The van der Waals surface area contributed by atoms with Crippen molar-refractivity contribution in [1.82, 2.24) is 0 Å². The molecule has 0 saturated carbocycles. The summed E-state index contributed by atoms with van der Waals surface area (Å²) < 4.78 is 17.0. The van der Waals surface area contributed by atoms with Crippen LogP contribution < -0.4 is 0 Å². The molecular weight excluding hydrogens is 997 g/mol. The third-order valence-electron chi connectivity index (χ3n) is 14.4. The maximum Gasteiger partial charge on any atom is 0.306 e. The molecule has 0 radical (unpaired) electrons. The second-order valence-corrected chi connectivity index (χ2v) is 22.3. The normalized spacial score (nSPS) is 12.9. The zero-order valence-corrected chi connectivity index (χ0v) is 53.0. The molecule has 0 heterocycles. The van der Waals surface area contributed by atoms with Crippen LogP contribution >= 0.6 is 0 Å². The van der Waals surface area contributed by atoms with Crippen molar-refractivity contribution in [3.8, 4) is 0 Å². The summed E-state index contributed by atoms with van der Waals surface area (Å²) in [6.07, 6.45) is 94.9. The van der Waals surface area contributed by atoms with E-state index in [0.29, 0.717) is 19.3 Å². The first-order valence-electron chi connectivity index (χ1n) is 34.0. The highest BCUT2D eigenvalue weighted by molar-refractivity contribution is 5.71. The summed E-state index contributed by atoms with van der Waals surface area (Å²) in [7, 11) is 0. The molecule has 0 aromatic heterocycles. The monoisotopic (exact) mass is 1120 g/mol. The van der Waals surface area contributed by atoms with Gasteiger partial charge in [0.05, 0.1) is 0 Å². The Morgan fingerprint density at radius 3 is 0.765 bits per heavy atom. The molecule has 0 aromatic carbocycles. The summed E-state index contributed by atoms with van der Waals surface area (Å²) in [4.78, 5) is 38.4. The topological polar surface area (TPSA) is 78.9 Å². The third kappa shape index (κ3) is 66.5. The Labute approximate surface area is 501 Å². The Kier molecular flexibility index (Phi) is 64.8. The molecule has 0 fully saturated rings. The second-order valence-electron chi connectivity index (χ2n) is 22.3. The van der Waals surface area contributed by atoms with Crippen molar-refractivity contribution < 1.29 is 28.6 Å². The van der Waals surface area contributed by atoms with E-state index in [2.05, 4.69) is 142 Å². The fourth-order valence-electron chi connectivity index (χ4n) is 9.33. The van der Waals surface area contributed by atoms with Crippen molar-refractivity contribution in [2.75, 3.05) is 13.2 Å². The standard InChI is InChI=1S/C75H126O6/c1-4-7-10-13-16-19-22-25-28-30-32-34-36-37-39-40-42-44-47-50-53-56-59-62-65-68-74(77)80-71-72(70-79-73(76)67-64-61-58-55-52-49-46-27-24-21-18-15-12-9-6-3)81-75(78)69-66-63-60-57-54-51-48-45-43-41-38-35-33-31-29-26-23-20-17-14-11-8-5-2/h7,10,16,19,23,25-28,31-34,37-39,41-42,44,46,72H,4-6,8-9,11-15,17-18,20-22,24,29-30,35-36,40,43,45,47-71H2,1-3H3/b10-7-,19-16-,26-23-,28-25-,33-31-,34-32-,39-37-,41-38-,44-42-,46-27-. The van der Waals surface area contributed by atoms with Crippen molar-refractivity contribution in [3.05, 3.63) is 122 Å². The summed E-state index contributed by atoms with van der Waals surface area (Å²) >= 11 is 0. The summed E-state index contributed by atoms with van der Waals surface area (Å²) in [5, 5.41) is 0. The number of carbonyl (C=O) groups is 3. The van der Waals surface area contributed by atoms with Crippen LogP contribution in [0.15, 0.2) is 122 Å². The van der Waals surface area contributed by atoms with Crippen LogP contribution in [0.1, 0.15) is 316 Å². The van der Waals surface area contributed by atoms with E-state index >= 15 is 0 Å². The minimum Gasteiger partial charge on any atom is -0.462 e. The molecule has 0 saturated heterocycles. The van der Waals surface area contributed by atoms with Crippen molar-refractivity contribution in [2.24, 2.45) is 0 Å². The van der Waals surface area contributed by atoms with Crippen LogP contribution in [0.2, 0.25) is 0 Å². The number of ether oxygens (including phenoxy) is 3. The average Bonchev–Trinajstić information content (AvgIpc) is 3.47. The van der Waals surface area contributed by atoms with E-state index in [1.807, 2.05) is 0 Å². The van der Waals surface area contributed by atoms with E-state index in [1.54, 1.807) is 0 Å². The van der Waals surface area contributed by atoms with Crippen LogP contribution in [0, 0.1) is 0 Å². The SMILES string of the molecule is CC/C=C\C/C=C\C/C=C\C/C=C\C/C=C\C/C=C\CCCCCCCCC(=O)OCC(COC(=O)CCCCCCC/C=C\CCCCCCCC)OC(=O)CCCCCCCCCC/C=C\C/C=C\C/C=C\CCCCCCC. The quantitative estimate of drug-likeness (QED) is 0.0261. The van der Waals surface area contributed by atoms with Crippen LogP contribution in [-0.2, 0) is 28.6 Å². The fraction of sp³-hybridized carbons (Fsp3) is 0.693. The molecule has 462 valence electrons. The summed E-state index contributed by atoms with van der Waals surface area (Å²) in [6, 6.07) is 0. The molecule has 0 spiro atoms. The Bertz CT molecular complexity index is 1670. The molecule has 0 N–H and O–H groups in total. The van der Waals surface area contributed by atoms with Gasteiger partial charge in [-0.25, -0.2) is 0 Å². The van der Waals surface area contributed by atoms with Crippen molar-refractivity contribution in [2.45, 2.75) is 322 Å². The molecule has 0 rings (SSSR count). The Morgan fingerprint density at radius 1 is 0.259 bits per heavy atom. The minimum absolute atomic E-state index is 0.0917. The fourth-order valence-corrected chi connectivity index (χ4v) is 9.33. The lowest BCUT2D eigenvalue weighted by Crippen LogP contribution is -2.30. The molecule has 0 amide bonds. The van der Waals surface area contributed by atoms with Crippen LogP contribution in [0.4, 0.5) is 0 Å². The molecule has 0 bridgehead atoms. The van der Waals surface area contributed by atoms with Crippen molar-refractivity contribution in [1.29, 1.82) is 0 Å². The largest absolute Gasteiger partial charge is 0.462 e. The number of rotatable bonds is 61. The lowest BCUT2D eigenvalue weighted by molar-refractivity contribution is -0.167. The number of esters is 3. The third-order valence-corrected chi connectivity index (χ3v) is 14.4. The molecule has 0 aromatic rings. The van der Waals surface area contributed by atoms with Gasteiger partial charge in [0.15, 0.2) is 6.10 Å². The highest BCUT2D eigenvalue weighted by Crippen LogP contribution is 2.15. The van der Waals surface area contributed by atoms with Gasteiger partial charge in [-0.1, -0.05) is 284 Å². The van der Waals surface area contributed by atoms with E-state index < -0.39 is 6.10 Å². The first kappa shape index (κ1) is 76.8. The zero-order chi connectivity index (χ0) is 58.5. The Balaban J connectivity index is 4.42. The summed E-state index contributed by atoms with van der Waals surface area (Å²) in [5.41, 5.74) is 0. The van der Waals surface area contributed by atoms with Gasteiger partial charge in [-0.05, 0) is 135 Å². The molecule has 1 atom stereocenters. The molecule has 6 heteroatoms. The maximum absolute atomic E-state index is 13.0. The number of allylic oxidation sites excluding steroid dienone is 20. The Hall–Kier alpha value is -4.19. The summed E-state index contributed by atoms with van der Waals surface area (Å²) in [6.45, 7) is 6.51. The first-order chi connectivity index (χ1) is 40.0. The van der Waals surface area contributed by atoms with Crippen molar-refractivity contribution >= 4 is 17.9 Å². The van der Waals surface area contributed by atoms with E-state index in [4.69, 9.17) is 14.2 Å². The average molecular weight is 1120 g/mol. The number of hydrogen-bond acceptors (Lipinski definition) is 6. The van der Waals surface area contributed by atoms with Crippen LogP contribution in [0.5, 0.6) is 0 Å². The van der Waals surface area contributed by atoms with Gasteiger partial charge < -0.3 is 14.2 Å². The Morgan fingerprint density at radius 2 is 0.481 bits per heavy atom. The van der Waals surface area contributed by atoms with Gasteiger partial charge in [-0.15, -0.1) is 0 Å². The number of carbonyl (C=O) groups excluding carboxylic acids is 3. The van der Waals surface area contributed by atoms with Crippen LogP contribution in [0.3, 0.4) is 0 Å². The molecule has 0 aliphatic rings. The lowest BCUT2D eigenvalue weighted by atomic mass is 10.1. The highest BCUT2D eigenvalue weighted by Gasteiger charge is 2.19. The molecule has 0 aliphatic heterocycles. The number of unbranched alkanes of at least 4 members (excludes halogenated alkanes) is 30. The zero-order valence-electron chi connectivity index (χ0n) is 53.0. The second kappa shape index (κ2) is 68.3. The van der Waals surface area contributed by atoms with Gasteiger partial charge in [0, 0.05) is 19.3 Å². The summed E-state index contributed by atoms with van der Waals surface area (Å²) in [5.74, 6) is -0.914. The van der Waals surface area contributed by atoms with E-state index in [1.165, 1.54) is 141 Å². The first-order valence-corrected chi connectivity index (χ1v) is 34.0. The van der Waals surface area contributed by atoms with Gasteiger partial charge in [0.1, 0.15) is 13.2 Å². The maximum atomic E-state index is 13.0. The lowest BCUT2D eigenvalue weighted by Gasteiger charge is -2.18. The predicted molar refractivity (Wildman–Crippen MR) is 353 cm³/mol. The number of hydrogen-bond donors (Lipinski definition) is 0. The van der Waals surface area contributed by atoms with E-state index in [-0.39, 0.29) is 31.1 Å². The molecule has 81 heavy (non-hydrogen) atoms. The molecule has 1 unspecified atom stereocenters. The van der Waals surface area contributed by atoms with Gasteiger partial charge in [-0.2, -0.15) is 0 Å². The van der Waals surface area contributed by atoms with Gasteiger partial charge >= 0.3 is 17.9 Å². The smallest absolute Gasteiger partial charge is 0.306 e. The molecule has 0 aliphatic carbocycles. The van der Waals surface area contributed by atoms with E-state index in [0.717, 1.165) is 135 Å². The predicted octanol–water partition coefficient (Wildman–Crippen LogP) is 23.6. The van der Waals surface area contributed by atoms with Gasteiger partial charge in [-0.3, -0.25) is 14.4 Å². The van der Waals surface area contributed by atoms with Crippen LogP contribution in [-0.4, -0.2) is 37.2 Å². The van der Waals surface area contributed by atoms with Gasteiger partial charge in [0.2, 0.25) is 0 Å². The van der Waals surface area contributed by atoms with Gasteiger partial charge in [0.25, 0.3) is 0 Å². The molecule has 6 nitrogen and oxygen atoms in total. The van der Waals surface area contributed by atoms with E-state index in [9.17, 15) is 14.4 Å². The minimum atomic E-state index is -0.797. The highest BCUT2D eigenvalue weighted by atomic mass is 16.6. The van der Waals surface area contributed by atoms with Crippen LogP contribution in [0.25, 0.3) is 0 Å².